The van der Waals surface area contributed by atoms with Gasteiger partial charge in [0.25, 0.3) is 0 Å². The van der Waals surface area contributed by atoms with E-state index in [1.807, 2.05) is 11.8 Å². The standard InChI is InChI=1S/C13H15NS2/c1-15-9-11-3-2-4-13(7-11)14-8-12-5-6-16-10-12/h2-7,10,14H,8-9H2,1H3. The maximum atomic E-state index is 3.44. The highest BCUT2D eigenvalue weighted by atomic mass is 32.2. The zero-order valence-electron chi connectivity index (χ0n) is 9.27. The molecule has 1 aromatic carbocycles. The van der Waals surface area contributed by atoms with Crippen LogP contribution < -0.4 is 5.32 Å². The lowest BCUT2D eigenvalue weighted by Crippen LogP contribution is -1.98. The molecule has 0 fully saturated rings. The molecule has 0 aliphatic carbocycles. The molecule has 2 rings (SSSR count). The largest absolute Gasteiger partial charge is 0.381 e. The van der Waals surface area contributed by atoms with Crippen LogP contribution in [0.25, 0.3) is 0 Å². The summed E-state index contributed by atoms with van der Waals surface area (Å²) in [5, 5.41) is 7.73. The molecule has 0 aliphatic heterocycles. The van der Waals surface area contributed by atoms with E-state index in [4.69, 9.17) is 0 Å². The molecule has 0 saturated carbocycles. The maximum absolute atomic E-state index is 3.44. The lowest BCUT2D eigenvalue weighted by atomic mass is 10.2. The van der Waals surface area contributed by atoms with Crippen molar-refractivity contribution in [2.45, 2.75) is 12.3 Å². The number of hydrogen-bond acceptors (Lipinski definition) is 3. The predicted octanol–water partition coefficient (Wildman–Crippen LogP) is 4.22. The summed E-state index contributed by atoms with van der Waals surface area (Å²) in [5.41, 5.74) is 3.93. The van der Waals surface area contributed by atoms with Crippen LogP contribution in [0.3, 0.4) is 0 Å². The minimum atomic E-state index is 0.909. The van der Waals surface area contributed by atoms with Crippen molar-refractivity contribution in [3.63, 3.8) is 0 Å². The second kappa shape index (κ2) is 5.97. The average Bonchev–Trinajstić information content (AvgIpc) is 2.80. The number of thiophene rings is 1. The highest BCUT2D eigenvalue weighted by Crippen LogP contribution is 2.16. The summed E-state index contributed by atoms with van der Waals surface area (Å²) >= 11 is 3.60. The van der Waals surface area contributed by atoms with E-state index in [-0.39, 0.29) is 0 Å². The topological polar surface area (TPSA) is 12.0 Å². The van der Waals surface area contributed by atoms with Gasteiger partial charge in [0.15, 0.2) is 0 Å². The number of benzene rings is 1. The van der Waals surface area contributed by atoms with Crippen LogP contribution >= 0.6 is 23.1 Å². The second-order valence-corrected chi connectivity index (χ2v) is 5.26. The van der Waals surface area contributed by atoms with Gasteiger partial charge >= 0.3 is 0 Å². The molecule has 0 radical (unpaired) electrons. The second-order valence-electron chi connectivity index (χ2n) is 3.62. The van der Waals surface area contributed by atoms with Crippen LogP contribution in [0.5, 0.6) is 0 Å². The van der Waals surface area contributed by atoms with E-state index < -0.39 is 0 Å². The summed E-state index contributed by atoms with van der Waals surface area (Å²) in [6.07, 6.45) is 2.13. The minimum absolute atomic E-state index is 0.909. The quantitative estimate of drug-likeness (QED) is 0.851. The number of nitrogens with one attached hydrogen (secondary N) is 1. The third-order valence-corrected chi connectivity index (χ3v) is 3.67. The van der Waals surface area contributed by atoms with Gasteiger partial charge in [0.1, 0.15) is 0 Å². The molecule has 84 valence electrons. The molecule has 2 aromatic rings. The van der Waals surface area contributed by atoms with E-state index >= 15 is 0 Å². The zero-order chi connectivity index (χ0) is 11.2. The van der Waals surface area contributed by atoms with Gasteiger partial charge in [0.05, 0.1) is 0 Å². The van der Waals surface area contributed by atoms with E-state index in [1.54, 1.807) is 11.3 Å². The van der Waals surface area contributed by atoms with Crippen molar-refractivity contribution >= 4 is 28.8 Å². The molecule has 0 bridgehead atoms. The van der Waals surface area contributed by atoms with E-state index in [1.165, 1.54) is 16.8 Å². The molecule has 0 unspecified atom stereocenters. The first-order chi connectivity index (χ1) is 7.88. The molecule has 3 heteroatoms. The maximum Gasteiger partial charge on any atom is 0.0409 e. The molecule has 1 nitrogen and oxygen atoms in total. The summed E-state index contributed by atoms with van der Waals surface area (Å²) in [4.78, 5) is 0. The molecule has 16 heavy (non-hydrogen) atoms. The Morgan fingerprint density at radius 3 is 2.94 bits per heavy atom. The molecule has 0 saturated heterocycles. The van der Waals surface area contributed by atoms with Crippen molar-refractivity contribution in [1.82, 2.24) is 0 Å². The monoisotopic (exact) mass is 249 g/mol. The highest BCUT2D eigenvalue weighted by molar-refractivity contribution is 7.97. The molecular weight excluding hydrogens is 234 g/mol. The number of thioether (sulfide) groups is 1. The Hall–Kier alpha value is -0.930. The minimum Gasteiger partial charge on any atom is -0.381 e. The lowest BCUT2D eigenvalue weighted by molar-refractivity contribution is 1.16. The molecule has 0 atom stereocenters. The van der Waals surface area contributed by atoms with Gasteiger partial charge in [-0.15, -0.1) is 0 Å². The Bertz CT molecular complexity index is 423. The Labute approximate surface area is 105 Å². The zero-order valence-corrected chi connectivity index (χ0v) is 10.9. The Kier molecular flexibility index (Phi) is 4.31. The third-order valence-electron chi connectivity index (χ3n) is 2.31. The fourth-order valence-electron chi connectivity index (χ4n) is 1.54. The van der Waals surface area contributed by atoms with Gasteiger partial charge in [-0.1, -0.05) is 12.1 Å². The van der Waals surface area contributed by atoms with E-state index in [2.05, 4.69) is 52.7 Å². The Morgan fingerprint density at radius 1 is 1.25 bits per heavy atom. The first kappa shape index (κ1) is 11.6. The predicted molar refractivity (Wildman–Crippen MR) is 75.3 cm³/mol. The molecule has 1 N–H and O–H groups in total. The van der Waals surface area contributed by atoms with Crippen LogP contribution in [0, 0.1) is 0 Å². The number of hydrogen-bond donors (Lipinski definition) is 1. The van der Waals surface area contributed by atoms with E-state index in [0.717, 1.165) is 12.3 Å². The van der Waals surface area contributed by atoms with Crippen molar-refractivity contribution in [3.8, 4) is 0 Å². The van der Waals surface area contributed by atoms with Gasteiger partial charge in [-0.3, -0.25) is 0 Å². The number of anilines is 1. The summed E-state index contributed by atoms with van der Waals surface area (Å²) in [5.74, 6) is 1.08. The van der Waals surface area contributed by atoms with Crippen LogP contribution in [-0.2, 0) is 12.3 Å². The van der Waals surface area contributed by atoms with Crippen LogP contribution in [0.2, 0.25) is 0 Å². The fourth-order valence-corrected chi connectivity index (χ4v) is 2.72. The van der Waals surface area contributed by atoms with Gasteiger partial charge in [-0.2, -0.15) is 23.1 Å². The number of rotatable bonds is 5. The first-order valence-corrected chi connectivity index (χ1v) is 7.55. The molecular formula is C13H15NS2. The molecule has 1 aromatic heterocycles. The van der Waals surface area contributed by atoms with E-state index in [0.29, 0.717) is 0 Å². The van der Waals surface area contributed by atoms with Crippen LogP contribution in [0.4, 0.5) is 5.69 Å². The van der Waals surface area contributed by atoms with Gasteiger partial charge in [-0.05, 0) is 46.3 Å². The van der Waals surface area contributed by atoms with Crippen molar-refractivity contribution in [2.24, 2.45) is 0 Å². The SMILES string of the molecule is CSCc1cccc(NCc2ccsc2)c1. The van der Waals surface area contributed by atoms with Gasteiger partial charge in [0, 0.05) is 18.0 Å². The van der Waals surface area contributed by atoms with Gasteiger partial charge in [-0.25, -0.2) is 0 Å². The summed E-state index contributed by atoms with van der Waals surface area (Å²) < 4.78 is 0. The molecule has 1 heterocycles. The first-order valence-electron chi connectivity index (χ1n) is 5.21. The van der Waals surface area contributed by atoms with Crippen LogP contribution in [0.15, 0.2) is 41.1 Å². The Balaban J connectivity index is 1.96. The van der Waals surface area contributed by atoms with Crippen LogP contribution in [-0.4, -0.2) is 6.26 Å². The fraction of sp³-hybridized carbons (Fsp3) is 0.231. The highest BCUT2D eigenvalue weighted by Gasteiger charge is 1.96. The van der Waals surface area contributed by atoms with Gasteiger partial charge < -0.3 is 5.32 Å². The molecule has 0 aliphatic rings. The van der Waals surface area contributed by atoms with Crippen molar-refractivity contribution < 1.29 is 0 Å². The average molecular weight is 249 g/mol. The summed E-state index contributed by atoms with van der Waals surface area (Å²) in [7, 11) is 0. The van der Waals surface area contributed by atoms with E-state index in [9.17, 15) is 0 Å². The van der Waals surface area contributed by atoms with Crippen molar-refractivity contribution in [2.75, 3.05) is 11.6 Å². The summed E-state index contributed by atoms with van der Waals surface area (Å²) in [6.45, 7) is 0.909. The normalized spacial score (nSPS) is 10.3. The van der Waals surface area contributed by atoms with Crippen molar-refractivity contribution in [3.05, 3.63) is 52.2 Å². The molecule has 0 spiro atoms. The lowest BCUT2D eigenvalue weighted by Gasteiger charge is -2.06. The Morgan fingerprint density at radius 2 is 2.19 bits per heavy atom. The van der Waals surface area contributed by atoms with Gasteiger partial charge in [0.2, 0.25) is 0 Å². The molecule has 0 amide bonds. The summed E-state index contributed by atoms with van der Waals surface area (Å²) in [6, 6.07) is 10.8. The van der Waals surface area contributed by atoms with Crippen LogP contribution in [0.1, 0.15) is 11.1 Å². The third kappa shape index (κ3) is 3.29. The van der Waals surface area contributed by atoms with Crippen molar-refractivity contribution in [1.29, 1.82) is 0 Å². The smallest absolute Gasteiger partial charge is 0.0409 e.